The number of imidazole rings is 1. The Labute approximate surface area is 113 Å². The van der Waals surface area contributed by atoms with Gasteiger partial charge in [0.15, 0.2) is 0 Å². The van der Waals surface area contributed by atoms with Gasteiger partial charge in [-0.2, -0.15) is 0 Å². The van der Waals surface area contributed by atoms with E-state index >= 15 is 0 Å². The Balaban J connectivity index is 2.16. The van der Waals surface area contributed by atoms with Gasteiger partial charge < -0.3 is 15.0 Å². The van der Waals surface area contributed by atoms with Crippen LogP contribution in [0.25, 0.3) is 11.0 Å². The number of benzene rings is 1. The van der Waals surface area contributed by atoms with Crippen molar-refractivity contribution in [3.63, 3.8) is 0 Å². The summed E-state index contributed by atoms with van der Waals surface area (Å²) in [5, 5.41) is 0. The van der Waals surface area contributed by atoms with Gasteiger partial charge in [-0.25, -0.2) is 4.98 Å². The number of aromatic nitrogens is 2. The second kappa shape index (κ2) is 4.94. The van der Waals surface area contributed by atoms with Gasteiger partial charge in [0.1, 0.15) is 5.82 Å². The van der Waals surface area contributed by atoms with Gasteiger partial charge in [-0.3, -0.25) is 0 Å². The lowest BCUT2D eigenvalue weighted by atomic mass is 10.1. The molecule has 0 amide bonds. The van der Waals surface area contributed by atoms with Gasteiger partial charge >= 0.3 is 0 Å². The number of hydrogen-bond donors (Lipinski definition) is 1. The summed E-state index contributed by atoms with van der Waals surface area (Å²) in [5.74, 6) is 1.59. The first-order valence-corrected chi connectivity index (χ1v) is 6.99. The second-order valence-corrected chi connectivity index (χ2v) is 5.52. The summed E-state index contributed by atoms with van der Waals surface area (Å²) in [6, 6.07) is 6.75. The van der Waals surface area contributed by atoms with Gasteiger partial charge in [0.2, 0.25) is 0 Å². The van der Waals surface area contributed by atoms with E-state index in [1.54, 1.807) is 0 Å². The average molecular weight is 259 g/mol. The Kier molecular flexibility index (Phi) is 3.29. The van der Waals surface area contributed by atoms with Crippen LogP contribution in [-0.2, 0) is 11.3 Å². The molecule has 0 bridgehead atoms. The molecular weight excluding hydrogens is 238 g/mol. The fourth-order valence-electron chi connectivity index (χ4n) is 2.86. The summed E-state index contributed by atoms with van der Waals surface area (Å²) in [6.07, 6.45) is 1.07. The molecule has 4 nitrogen and oxygen atoms in total. The normalized spacial score (nSPS) is 19.7. The second-order valence-electron chi connectivity index (χ2n) is 5.52. The molecule has 102 valence electrons. The fraction of sp³-hybridized carbons (Fsp3) is 0.533. The van der Waals surface area contributed by atoms with E-state index in [0.717, 1.165) is 36.5 Å². The van der Waals surface area contributed by atoms with E-state index in [0.29, 0.717) is 18.5 Å². The highest BCUT2D eigenvalue weighted by atomic mass is 16.5. The van der Waals surface area contributed by atoms with E-state index in [-0.39, 0.29) is 0 Å². The molecule has 0 saturated carbocycles. The highest BCUT2D eigenvalue weighted by Gasteiger charge is 2.25. The lowest BCUT2D eigenvalue weighted by Gasteiger charge is -2.16. The maximum Gasteiger partial charge on any atom is 0.115 e. The van der Waals surface area contributed by atoms with Crippen LogP contribution in [-0.4, -0.2) is 22.8 Å². The molecule has 0 spiro atoms. The molecule has 4 heteroatoms. The van der Waals surface area contributed by atoms with Crippen LogP contribution in [0, 0.1) is 0 Å². The molecule has 1 unspecified atom stereocenters. The van der Waals surface area contributed by atoms with E-state index in [1.807, 2.05) is 0 Å². The molecule has 3 rings (SSSR count). The summed E-state index contributed by atoms with van der Waals surface area (Å²) in [4.78, 5) is 4.85. The minimum atomic E-state index is 0.407. The van der Waals surface area contributed by atoms with Crippen molar-refractivity contribution in [2.45, 2.75) is 38.8 Å². The lowest BCUT2D eigenvalue weighted by molar-refractivity contribution is 0.192. The SMILES string of the molecule is CC(C)n1c(C2CCOC2)nc2cc(CN)ccc21. The first-order valence-electron chi connectivity index (χ1n) is 6.99. The highest BCUT2D eigenvalue weighted by molar-refractivity contribution is 5.77. The fourth-order valence-corrected chi connectivity index (χ4v) is 2.86. The van der Waals surface area contributed by atoms with Gasteiger partial charge in [0, 0.05) is 25.1 Å². The third kappa shape index (κ3) is 2.15. The van der Waals surface area contributed by atoms with Crippen LogP contribution in [0.4, 0.5) is 0 Å². The zero-order valence-electron chi connectivity index (χ0n) is 11.6. The molecule has 0 radical (unpaired) electrons. The van der Waals surface area contributed by atoms with Crippen LogP contribution in [0.15, 0.2) is 18.2 Å². The molecule has 2 N–H and O–H groups in total. The zero-order valence-corrected chi connectivity index (χ0v) is 11.6. The summed E-state index contributed by atoms with van der Waals surface area (Å²) >= 11 is 0. The van der Waals surface area contributed by atoms with E-state index < -0.39 is 0 Å². The number of fused-ring (bicyclic) bond motifs is 1. The molecule has 2 heterocycles. The number of nitrogens with two attached hydrogens (primary N) is 1. The Morgan fingerprint density at radius 3 is 2.95 bits per heavy atom. The molecule has 1 aliphatic rings. The van der Waals surface area contributed by atoms with Crippen molar-refractivity contribution >= 4 is 11.0 Å². The van der Waals surface area contributed by atoms with Crippen molar-refractivity contribution in [3.05, 3.63) is 29.6 Å². The quantitative estimate of drug-likeness (QED) is 0.921. The van der Waals surface area contributed by atoms with Gasteiger partial charge in [-0.1, -0.05) is 6.07 Å². The predicted molar refractivity (Wildman–Crippen MR) is 76.2 cm³/mol. The number of nitrogens with zero attached hydrogens (tertiary/aromatic N) is 2. The third-order valence-electron chi connectivity index (χ3n) is 3.83. The molecule has 1 aliphatic heterocycles. The van der Waals surface area contributed by atoms with Crippen molar-refractivity contribution in [1.82, 2.24) is 9.55 Å². The number of ether oxygens (including phenoxy) is 1. The van der Waals surface area contributed by atoms with Crippen molar-refractivity contribution < 1.29 is 4.74 Å². The largest absolute Gasteiger partial charge is 0.381 e. The molecule has 19 heavy (non-hydrogen) atoms. The smallest absolute Gasteiger partial charge is 0.115 e. The van der Waals surface area contributed by atoms with E-state index in [9.17, 15) is 0 Å². The monoisotopic (exact) mass is 259 g/mol. The summed E-state index contributed by atoms with van der Waals surface area (Å²) in [6.45, 7) is 6.61. The van der Waals surface area contributed by atoms with Gasteiger partial charge in [0.05, 0.1) is 17.6 Å². The molecule has 1 aromatic heterocycles. The van der Waals surface area contributed by atoms with Crippen LogP contribution in [0.1, 0.15) is 43.6 Å². The van der Waals surface area contributed by atoms with E-state index in [1.165, 1.54) is 5.52 Å². The van der Waals surface area contributed by atoms with Gasteiger partial charge in [-0.15, -0.1) is 0 Å². The predicted octanol–water partition coefficient (Wildman–Crippen LogP) is 2.58. The number of hydrogen-bond acceptors (Lipinski definition) is 3. The topological polar surface area (TPSA) is 53.1 Å². The van der Waals surface area contributed by atoms with Crippen LogP contribution in [0.3, 0.4) is 0 Å². The molecule has 1 atom stereocenters. The lowest BCUT2D eigenvalue weighted by Crippen LogP contribution is -2.11. The third-order valence-corrected chi connectivity index (χ3v) is 3.83. The summed E-state index contributed by atoms with van der Waals surface area (Å²) < 4.78 is 7.86. The molecule has 1 aromatic carbocycles. The average Bonchev–Trinajstić information content (AvgIpc) is 3.04. The van der Waals surface area contributed by atoms with Gasteiger partial charge in [-0.05, 0) is 38.0 Å². The van der Waals surface area contributed by atoms with Crippen LogP contribution in [0.2, 0.25) is 0 Å². The Bertz CT molecular complexity index is 582. The van der Waals surface area contributed by atoms with Crippen molar-refractivity contribution in [2.24, 2.45) is 5.73 Å². The van der Waals surface area contributed by atoms with E-state index in [2.05, 4.69) is 36.6 Å². The highest BCUT2D eigenvalue weighted by Crippen LogP contribution is 2.30. The maximum absolute atomic E-state index is 5.71. The summed E-state index contributed by atoms with van der Waals surface area (Å²) in [5.41, 5.74) is 9.10. The number of rotatable bonds is 3. The maximum atomic E-state index is 5.71. The van der Waals surface area contributed by atoms with Gasteiger partial charge in [0.25, 0.3) is 0 Å². The Morgan fingerprint density at radius 1 is 1.47 bits per heavy atom. The van der Waals surface area contributed by atoms with E-state index in [4.69, 9.17) is 15.5 Å². The minimum Gasteiger partial charge on any atom is -0.381 e. The van der Waals surface area contributed by atoms with Crippen molar-refractivity contribution in [3.8, 4) is 0 Å². The molecule has 2 aromatic rings. The van der Waals surface area contributed by atoms with Crippen molar-refractivity contribution in [2.75, 3.05) is 13.2 Å². The molecule has 1 fully saturated rings. The first kappa shape index (κ1) is 12.6. The molecule has 0 aliphatic carbocycles. The molecular formula is C15H21N3O. The summed E-state index contributed by atoms with van der Waals surface area (Å²) in [7, 11) is 0. The van der Waals surface area contributed by atoms with Crippen LogP contribution in [0.5, 0.6) is 0 Å². The molecule has 1 saturated heterocycles. The van der Waals surface area contributed by atoms with Crippen LogP contribution < -0.4 is 5.73 Å². The zero-order chi connectivity index (χ0) is 13.4. The van der Waals surface area contributed by atoms with Crippen LogP contribution >= 0.6 is 0 Å². The first-order chi connectivity index (χ1) is 9.20. The Morgan fingerprint density at radius 2 is 2.32 bits per heavy atom. The Hall–Kier alpha value is -1.39. The minimum absolute atomic E-state index is 0.407. The van der Waals surface area contributed by atoms with Crippen molar-refractivity contribution in [1.29, 1.82) is 0 Å². The standard InChI is InChI=1S/C15H21N3O/c1-10(2)18-14-4-3-11(8-16)7-13(14)17-15(18)12-5-6-19-9-12/h3-4,7,10,12H,5-6,8-9,16H2,1-2H3.